The van der Waals surface area contributed by atoms with Gasteiger partial charge in [0.05, 0.1) is 11.9 Å². The molecular formula is C14H24N4O3S2. The molecule has 0 aromatic carbocycles. The van der Waals surface area contributed by atoms with Gasteiger partial charge in [-0.1, -0.05) is 17.8 Å². The monoisotopic (exact) mass is 360 g/mol. The number of rotatable bonds is 7. The molecule has 1 saturated heterocycles. The number of carbonyl (C=O) groups is 1. The molecule has 1 aromatic heterocycles. The first-order chi connectivity index (χ1) is 10.9. The van der Waals surface area contributed by atoms with E-state index in [4.69, 9.17) is 0 Å². The van der Waals surface area contributed by atoms with Gasteiger partial charge >= 0.3 is 0 Å². The second-order valence-electron chi connectivity index (χ2n) is 5.90. The van der Waals surface area contributed by atoms with E-state index in [0.29, 0.717) is 24.4 Å². The molecule has 130 valence electrons. The van der Waals surface area contributed by atoms with Crippen LogP contribution in [0.3, 0.4) is 0 Å². The van der Waals surface area contributed by atoms with E-state index in [1.165, 1.54) is 0 Å². The zero-order chi connectivity index (χ0) is 16.9. The number of hydrogen-bond donors (Lipinski definition) is 1. The van der Waals surface area contributed by atoms with Gasteiger partial charge in [-0.2, -0.15) is 0 Å². The lowest BCUT2D eigenvalue weighted by molar-refractivity contribution is 0.0607. The fourth-order valence-corrected chi connectivity index (χ4v) is 4.03. The van der Waals surface area contributed by atoms with E-state index in [2.05, 4.69) is 14.3 Å². The molecule has 23 heavy (non-hydrogen) atoms. The van der Waals surface area contributed by atoms with Crippen molar-refractivity contribution in [3.05, 3.63) is 10.6 Å². The number of aromatic nitrogens is 2. The summed E-state index contributed by atoms with van der Waals surface area (Å²) in [6.07, 6.45) is 6.42. The molecule has 1 atom stereocenters. The van der Waals surface area contributed by atoms with Gasteiger partial charge in [-0.25, -0.2) is 13.1 Å². The van der Waals surface area contributed by atoms with Gasteiger partial charge in [0, 0.05) is 19.1 Å². The van der Waals surface area contributed by atoms with Gasteiger partial charge in [0.25, 0.3) is 5.91 Å². The molecule has 7 nitrogen and oxygen atoms in total. The van der Waals surface area contributed by atoms with Crippen LogP contribution < -0.4 is 4.72 Å². The molecule has 0 saturated carbocycles. The molecule has 1 fully saturated rings. The van der Waals surface area contributed by atoms with E-state index < -0.39 is 10.0 Å². The van der Waals surface area contributed by atoms with E-state index in [0.717, 1.165) is 55.6 Å². The molecule has 0 spiro atoms. The predicted molar refractivity (Wildman–Crippen MR) is 90.0 cm³/mol. The summed E-state index contributed by atoms with van der Waals surface area (Å²) in [5.74, 6) is -0.00694. The van der Waals surface area contributed by atoms with Crippen LogP contribution in [0.4, 0.5) is 0 Å². The molecule has 1 aromatic rings. The number of carbonyl (C=O) groups excluding carboxylic acids is 1. The van der Waals surface area contributed by atoms with Crippen LogP contribution in [-0.4, -0.2) is 54.2 Å². The van der Waals surface area contributed by atoms with Crippen LogP contribution in [-0.2, 0) is 16.4 Å². The number of aryl methyl sites for hydroxylation is 1. The van der Waals surface area contributed by atoms with E-state index in [1.54, 1.807) is 0 Å². The molecule has 0 unspecified atom stereocenters. The van der Waals surface area contributed by atoms with Crippen molar-refractivity contribution < 1.29 is 13.2 Å². The maximum atomic E-state index is 12.8. The second kappa shape index (κ2) is 8.16. The van der Waals surface area contributed by atoms with Gasteiger partial charge in [0.1, 0.15) is 4.88 Å². The van der Waals surface area contributed by atoms with Gasteiger partial charge in [-0.05, 0) is 43.6 Å². The predicted octanol–water partition coefficient (Wildman–Crippen LogP) is 1.42. The van der Waals surface area contributed by atoms with Gasteiger partial charge in [0.2, 0.25) is 10.0 Å². The number of nitrogens with zero attached hydrogens (tertiary/aromatic N) is 3. The van der Waals surface area contributed by atoms with Crippen LogP contribution in [0.25, 0.3) is 0 Å². The number of hydrogen-bond acceptors (Lipinski definition) is 6. The lowest BCUT2D eigenvalue weighted by Gasteiger charge is -2.35. The number of sulfonamides is 1. The van der Waals surface area contributed by atoms with Crippen LogP contribution >= 0.6 is 11.5 Å². The van der Waals surface area contributed by atoms with Crippen LogP contribution in [0.15, 0.2) is 0 Å². The van der Waals surface area contributed by atoms with Crippen LogP contribution in [0.1, 0.15) is 54.4 Å². The van der Waals surface area contributed by atoms with Crippen LogP contribution in [0.5, 0.6) is 0 Å². The molecule has 0 radical (unpaired) electrons. The van der Waals surface area contributed by atoms with Crippen molar-refractivity contribution in [1.82, 2.24) is 19.2 Å². The Morgan fingerprint density at radius 1 is 1.43 bits per heavy atom. The first-order valence-electron chi connectivity index (χ1n) is 7.99. The van der Waals surface area contributed by atoms with Crippen LogP contribution in [0.2, 0.25) is 0 Å². The van der Waals surface area contributed by atoms with Crippen LogP contribution in [0, 0.1) is 0 Å². The Balaban J connectivity index is 2.05. The minimum Gasteiger partial charge on any atom is -0.335 e. The molecule has 1 N–H and O–H groups in total. The van der Waals surface area contributed by atoms with Crippen molar-refractivity contribution in [3.63, 3.8) is 0 Å². The summed E-state index contributed by atoms with van der Waals surface area (Å²) in [4.78, 5) is 15.4. The third-order valence-electron chi connectivity index (χ3n) is 3.97. The van der Waals surface area contributed by atoms with Crippen molar-refractivity contribution in [2.24, 2.45) is 0 Å². The van der Waals surface area contributed by atoms with Crippen molar-refractivity contribution in [3.8, 4) is 0 Å². The topological polar surface area (TPSA) is 92.3 Å². The first-order valence-corrected chi connectivity index (χ1v) is 10.7. The van der Waals surface area contributed by atoms with Gasteiger partial charge in [-0.3, -0.25) is 4.79 Å². The van der Waals surface area contributed by atoms with E-state index >= 15 is 0 Å². The minimum absolute atomic E-state index is 0.00694. The molecule has 2 heterocycles. The molecule has 1 aliphatic heterocycles. The number of amides is 1. The standard InChI is InChI=1S/C14H24N4O3S2/c1-3-6-12-13(22-17-16-12)14(19)18-10-5-4-7-11(18)8-9-15-23(2,20)21/h11,15H,3-10H2,1-2H3/t11-/m1/s1. The number of likely N-dealkylation sites (tertiary alicyclic amines) is 1. The maximum absolute atomic E-state index is 12.8. The number of piperidine rings is 1. The molecule has 1 aliphatic rings. The SMILES string of the molecule is CCCc1nnsc1C(=O)N1CCCC[C@@H]1CCNS(C)(=O)=O. The summed E-state index contributed by atoms with van der Waals surface area (Å²) in [5.41, 5.74) is 0.779. The average molecular weight is 361 g/mol. The Labute approximate surface area is 141 Å². The summed E-state index contributed by atoms with van der Waals surface area (Å²) in [7, 11) is -3.19. The Morgan fingerprint density at radius 3 is 2.91 bits per heavy atom. The highest BCUT2D eigenvalue weighted by Gasteiger charge is 2.30. The summed E-state index contributed by atoms with van der Waals surface area (Å²) >= 11 is 1.16. The third kappa shape index (κ3) is 5.22. The Hall–Kier alpha value is -1.06. The molecular weight excluding hydrogens is 336 g/mol. The van der Waals surface area contributed by atoms with Crippen molar-refractivity contribution in [1.29, 1.82) is 0 Å². The Kier molecular flexibility index (Phi) is 6.49. The Morgan fingerprint density at radius 2 is 2.22 bits per heavy atom. The summed E-state index contributed by atoms with van der Waals surface area (Å²) < 4.78 is 28.8. The summed E-state index contributed by atoms with van der Waals surface area (Å²) in [5, 5.41) is 4.07. The van der Waals surface area contributed by atoms with Gasteiger partial charge in [0.15, 0.2) is 0 Å². The maximum Gasteiger partial charge on any atom is 0.267 e. The second-order valence-corrected chi connectivity index (χ2v) is 8.49. The molecule has 0 bridgehead atoms. The van der Waals surface area contributed by atoms with E-state index in [1.807, 2.05) is 11.8 Å². The highest BCUT2D eigenvalue weighted by molar-refractivity contribution is 7.88. The number of nitrogens with one attached hydrogen (secondary N) is 1. The summed E-state index contributed by atoms with van der Waals surface area (Å²) in [6.45, 7) is 3.12. The van der Waals surface area contributed by atoms with E-state index in [9.17, 15) is 13.2 Å². The van der Waals surface area contributed by atoms with E-state index in [-0.39, 0.29) is 11.9 Å². The normalized spacial score (nSPS) is 19.0. The fourth-order valence-electron chi connectivity index (χ4n) is 2.88. The molecule has 0 aliphatic carbocycles. The first kappa shape index (κ1) is 18.3. The lowest BCUT2D eigenvalue weighted by atomic mass is 9.99. The molecule has 2 rings (SSSR count). The highest BCUT2D eigenvalue weighted by Crippen LogP contribution is 2.24. The van der Waals surface area contributed by atoms with Crippen molar-refractivity contribution in [2.45, 2.75) is 51.5 Å². The highest BCUT2D eigenvalue weighted by atomic mass is 32.2. The fraction of sp³-hybridized carbons (Fsp3) is 0.786. The zero-order valence-corrected chi connectivity index (χ0v) is 15.3. The smallest absolute Gasteiger partial charge is 0.267 e. The average Bonchev–Trinajstić information content (AvgIpc) is 2.94. The molecule has 9 heteroatoms. The van der Waals surface area contributed by atoms with Gasteiger partial charge < -0.3 is 4.90 Å². The third-order valence-corrected chi connectivity index (χ3v) is 5.45. The van der Waals surface area contributed by atoms with Crippen molar-refractivity contribution >= 4 is 27.5 Å². The lowest BCUT2D eigenvalue weighted by Crippen LogP contribution is -2.45. The quantitative estimate of drug-likeness (QED) is 0.794. The summed E-state index contributed by atoms with van der Waals surface area (Å²) in [6, 6.07) is 0.0714. The van der Waals surface area contributed by atoms with Gasteiger partial charge in [-0.15, -0.1) is 5.10 Å². The largest absolute Gasteiger partial charge is 0.335 e. The zero-order valence-electron chi connectivity index (χ0n) is 13.6. The molecule has 1 amide bonds. The Bertz CT molecular complexity index is 630. The minimum atomic E-state index is -3.19. The van der Waals surface area contributed by atoms with Crippen molar-refractivity contribution in [2.75, 3.05) is 19.3 Å².